The van der Waals surface area contributed by atoms with Crippen LogP contribution < -0.4 is 31.3 Å². The third-order valence-electron chi connectivity index (χ3n) is 26.1. The lowest BCUT2D eigenvalue weighted by atomic mass is 9.67. The molecule has 22 nitrogen and oxygen atoms in total. The summed E-state index contributed by atoms with van der Waals surface area (Å²) in [6.07, 6.45) is 9.67. The Morgan fingerprint density at radius 3 is 1.15 bits per heavy atom. The molecule has 5 atom stereocenters. The lowest BCUT2D eigenvalue weighted by Gasteiger charge is -2.47. The highest BCUT2D eigenvalue weighted by Gasteiger charge is 2.68. The molecule has 5 heterocycles. The first kappa shape index (κ1) is 97.9. The maximum atomic E-state index is 14.8. The van der Waals surface area contributed by atoms with Gasteiger partial charge in [-0.25, -0.2) is 82.4 Å². The quantitative estimate of drug-likeness (QED) is 0.0424. The van der Waals surface area contributed by atoms with Gasteiger partial charge in [-0.3, -0.25) is 50.6 Å². The van der Waals surface area contributed by atoms with E-state index in [1.165, 1.54) is 21.3 Å². The summed E-state index contributed by atoms with van der Waals surface area (Å²) in [7, 11) is 1.57. The van der Waals surface area contributed by atoms with Crippen LogP contribution in [0.25, 0.3) is 60.0 Å². The number of nitrogens with one attached hydrogen (secondary N) is 5. The van der Waals surface area contributed by atoms with Gasteiger partial charge in [0, 0.05) is 108 Å². The topological polar surface area (TPSA) is 248 Å². The molecule has 0 saturated heterocycles. The molecule has 5 aromatic carbocycles. The Balaban J connectivity index is 0.000000146. The number of nitrogens with zero attached hydrogens (tertiary/aromatic N) is 11. The highest BCUT2D eigenvalue weighted by molar-refractivity contribution is 6.32. The van der Waals surface area contributed by atoms with E-state index in [0.717, 1.165) is 114 Å². The van der Waals surface area contributed by atoms with E-state index in [-0.39, 0.29) is 101 Å². The second-order valence-corrected chi connectivity index (χ2v) is 42.0. The molecular weight excluding hydrogens is 1740 g/mol. The molecular formula is C93H112Cl2F12N16O6. The maximum Gasteiger partial charge on any atom is 0.281 e. The van der Waals surface area contributed by atoms with Gasteiger partial charge in [0.1, 0.15) is 22.3 Å². The lowest BCUT2D eigenvalue weighted by molar-refractivity contribution is -0.242. The molecule has 16 rings (SSSR count). The van der Waals surface area contributed by atoms with Crippen LogP contribution in [0.5, 0.6) is 5.75 Å². The highest BCUT2D eigenvalue weighted by atomic mass is 35.5. The summed E-state index contributed by atoms with van der Waals surface area (Å²) >= 11 is 12.0. The van der Waals surface area contributed by atoms with Crippen molar-refractivity contribution in [1.82, 2.24) is 47.8 Å². The summed E-state index contributed by atoms with van der Waals surface area (Å²) in [5.74, 6) is -14.1. The number of hydrogen-bond donors (Lipinski definition) is 5. The fourth-order valence-corrected chi connectivity index (χ4v) is 17.6. The van der Waals surface area contributed by atoms with Crippen molar-refractivity contribution in [2.45, 2.75) is 292 Å². The molecule has 129 heavy (non-hydrogen) atoms. The Hall–Kier alpha value is -10.2. The molecule has 6 fully saturated rings. The van der Waals surface area contributed by atoms with Crippen LogP contribution in [0, 0.1) is 75.5 Å². The van der Waals surface area contributed by atoms with Crippen molar-refractivity contribution in [1.29, 1.82) is 0 Å². The number of carbonyl (C=O) groups is 5. The van der Waals surface area contributed by atoms with E-state index in [4.69, 9.17) is 34.5 Å². The number of imidazole rings is 5. The fraction of sp³-hybridized carbons (Fsp3) is 0.559. The number of aromatic nitrogens is 10. The summed E-state index contributed by atoms with van der Waals surface area (Å²) in [6.45, 7) is 42.1. The molecule has 6 aliphatic rings. The molecule has 5 unspecified atom stereocenters. The molecule has 0 bridgehead atoms. The third kappa shape index (κ3) is 19.8. The SMILES string of the molecule is CC(C(=O)Nc1nc2ccc(Cl)c(F)c2n1C1(C)CCC1)C1(C)CC1.CC(C)(C)CC(=O)Nc1nc2ccc(Cl)c(F)c2n1C1(C)CCC1.CC(C)(C)n1c(NC(=O)CC2CC(F)(F)C2(C)F)nc2cc(F)c(F)cc21.CC(C)(C)n1c(NC(=O)CC2CC(F)(F)C2(C)F)nc2cc(F)c(F)cc21.[C-]#[N+]c1cc(OC)c2nc(NC(=O)CC(C)(C)C)n(C3(C)CCC3)c2c1. The lowest BCUT2D eigenvalue weighted by Crippen LogP contribution is -2.60. The number of rotatable bonds is 17. The van der Waals surface area contributed by atoms with Crippen LogP contribution in [0.2, 0.25) is 10.0 Å². The minimum Gasteiger partial charge on any atom is -0.496 e. The minimum atomic E-state index is -3.45. The second-order valence-electron chi connectivity index (χ2n) is 41.1. The number of alkyl halides is 6. The minimum absolute atomic E-state index is 0.0131. The largest absolute Gasteiger partial charge is 0.496 e. The van der Waals surface area contributed by atoms with E-state index in [2.05, 4.69) is 88.6 Å². The van der Waals surface area contributed by atoms with Gasteiger partial charge in [-0.2, -0.15) is 0 Å². The second kappa shape index (κ2) is 34.8. The molecule has 6 saturated carbocycles. The van der Waals surface area contributed by atoms with Gasteiger partial charge in [0.25, 0.3) is 11.8 Å². The van der Waals surface area contributed by atoms with Gasteiger partial charge >= 0.3 is 0 Å². The van der Waals surface area contributed by atoms with Crippen LogP contribution in [-0.2, 0) is 51.7 Å². The summed E-state index contributed by atoms with van der Waals surface area (Å²) in [5.41, 5.74) is -2.95. The van der Waals surface area contributed by atoms with Crippen LogP contribution in [0.1, 0.15) is 241 Å². The average Bonchev–Trinajstić information content (AvgIpc) is 1.05. The Labute approximate surface area is 750 Å². The van der Waals surface area contributed by atoms with Gasteiger partial charge in [0.2, 0.25) is 59.3 Å². The first-order valence-corrected chi connectivity index (χ1v) is 43.9. The van der Waals surface area contributed by atoms with Crippen molar-refractivity contribution in [3.05, 3.63) is 117 Å². The predicted octanol–water partition coefficient (Wildman–Crippen LogP) is 24.6. The number of benzene rings is 5. The van der Waals surface area contributed by atoms with E-state index >= 15 is 0 Å². The van der Waals surface area contributed by atoms with Crippen molar-refractivity contribution >= 4 is 143 Å². The Kier molecular flexibility index (Phi) is 26.4. The van der Waals surface area contributed by atoms with Gasteiger partial charge in [0.05, 0.1) is 62.3 Å². The molecule has 36 heteroatoms. The molecule has 698 valence electrons. The first-order chi connectivity index (χ1) is 59.5. The van der Waals surface area contributed by atoms with Crippen LogP contribution in [-0.4, -0.2) is 108 Å². The van der Waals surface area contributed by atoms with Gasteiger partial charge < -0.3 is 27.6 Å². The van der Waals surface area contributed by atoms with E-state index < -0.39 is 118 Å². The average molecular weight is 1850 g/mol. The monoisotopic (exact) mass is 1850 g/mol. The van der Waals surface area contributed by atoms with E-state index in [1.807, 2.05) is 63.7 Å². The van der Waals surface area contributed by atoms with Crippen molar-refractivity contribution in [3.8, 4) is 5.75 Å². The Morgan fingerprint density at radius 2 is 0.822 bits per heavy atom. The number of amides is 5. The zero-order valence-corrected chi connectivity index (χ0v) is 77.7. The number of fused-ring (bicyclic) bond motifs is 5. The Morgan fingerprint density at radius 1 is 0.473 bits per heavy atom. The summed E-state index contributed by atoms with van der Waals surface area (Å²) < 4.78 is 179. The molecule has 5 aromatic heterocycles. The third-order valence-corrected chi connectivity index (χ3v) is 26.6. The van der Waals surface area contributed by atoms with Gasteiger partial charge in [-0.1, -0.05) is 78.6 Å². The number of hydrogen-bond acceptors (Lipinski definition) is 11. The summed E-state index contributed by atoms with van der Waals surface area (Å²) in [5, 5.41) is 13.9. The van der Waals surface area contributed by atoms with Crippen molar-refractivity contribution < 1.29 is 81.4 Å². The number of carbonyl (C=O) groups excluding carboxylic acids is 5. The number of halogens is 14. The van der Waals surface area contributed by atoms with Gasteiger partial charge in [-0.15, -0.1) is 0 Å². The number of methoxy groups -OCH3 is 1. The van der Waals surface area contributed by atoms with Crippen LogP contribution >= 0.6 is 23.2 Å². The molecule has 5 N–H and O–H groups in total. The fourth-order valence-electron chi connectivity index (χ4n) is 17.3. The normalized spacial score (nSPS) is 20.9. The predicted molar refractivity (Wildman–Crippen MR) is 476 cm³/mol. The van der Waals surface area contributed by atoms with Crippen LogP contribution in [0.4, 0.5) is 88.1 Å². The van der Waals surface area contributed by atoms with E-state index in [0.29, 0.717) is 69.7 Å². The highest BCUT2D eigenvalue weighted by Crippen LogP contribution is 2.58. The standard InChI is InChI=1S/C20H26N4O2.C19H23ClFN3O.C18H23ClFN3O.2C18H20F5N3O/c1-19(2,3)12-16(25)22-18-23-17-14(24(18)20(4)8-7-9-20)10-13(21-5)11-15(17)26-6;1-11(18(2)9-10-18)16(25)23-17-22-13-6-5-12(20)14(21)15(13)24(17)19(3)7-4-8-19;1-17(2,3)10-13(24)22-16-21-12-7-6-11(19)14(20)15(12)23(16)18(4)8-5-9-18;2*1-16(2,3)26-13-7-11(20)10(19)6-12(13)24-15(26)25-14(27)5-9-8-18(22,23)17(9,4)21/h10-11H,7-9,12H2,1-4,6H3,(H,22,23,25);5-6,11H,4,7-10H2,1-3H3,(H,22,23,25);6-7H,5,8-10H2,1-4H3,(H,21,22,24);2*6-7,9H,5,8H2,1-4H3,(H,24,25,27). The van der Waals surface area contributed by atoms with Crippen LogP contribution in [0.15, 0.2) is 60.7 Å². The van der Waals surface area contributed by atoms with Gasteiger partial charge in [0.15, 0.2) is 51.9 Å². The van der Waals surface area contributed by atoms with Crippen LogP contribution in [0.3, 0.4) is 0 Å². The molecule has 0 spiro atoms. The zero-order valence-electron chi connectivity index (χ0n) is 76.2. The molecule has 6 aliphatic carbocycles. The Bertz CT molecular complexity index is 5950. The van der Waals surface area contributed by atoms with Gasteiger partial charge in [-0.05, 0) is 199 Å². The molecule has 0 radical (unpaired) electrons. The molecule has 0 aliphatic heterocycles. The van der Waals surface area contributed by atoms with Crippen molar-refractivity contribution in [2.24, 2.45) is 34.0 Å². The first-order valence-electron chi connectivity index (χ1n) is 43.1. The van der Waals surface area contributed by atoms with Crippen molar-refractivity contribution in [3.63, 3.8) is 0 Å². The molecule has 10 aromatic rings. The number of ether oxygens (including phenoxy) is 1. The summed E-state index contributed by atoms with van der Waals surface area (Å²) in [6, 6.07) is 13.7. The smallest absolute Gasteiger partial charge is 0.281 e. The maximum absolute atomic E-state index is 14.8. The summed E-state index contributed by atoms with van der Waals surface area (Å²) in [4.78, 5) is 87.6. The molecule has 5 amide bonds. The van der Waals surface area contributed by atoms with Crippen molar-refractivity contribution in [2.75, 3.05) is 33.7 Å². The number of anilines is 5. The zero-order chi connectivity index (χ0) is 95.5. The van der Waals surface area contributed by atoms with E-state index in [9.17, 15) is 76.7 Å². The van der Waals surface area contributed by atoms with E-state index in [1.54, 1.807) is 66.9 Å².